The summed E-state index contributed by atoms with van der Waals surface area (Å²) in [5.74, 6) is 0.832. The molecule has 2 amide bonds. The summed E-state index contributed by atoms with van der Waals surface area (Å²) in [6, 6.07) is 3.26. The lowest BCUT2D eigenvalue weighted by molar-refractivity contribution is -0.132. The summed E-state index contributed by atoms with van der Waals surface area (Å²) in [6.45, 7) is 4.24. The van der Waals surface area contributed by atoms with Gasteiger partial charge < -0.3 is 14.6 Å². The normalized spacial score (nSPS) is 16.4. The Kier molecular flexibility index (Phi) is 4.60. The van der Waals surface area contributed by atoms with Gasteiger partial charge in [-0.25, -0.2) is 0 Å². The van der Waals surface area contributed by atoms with Crippen LogP contribution >= 0.6 is 0 Å². The molecule has 19 heavy (non-hydrogen) atoms. The number of rotatable bonds is 4. The van der Waals surface area contributed by atoms with Crippen LogP contribution in [-0.2, 0) is 4.79 Å². The molecule has 0 atom stereocenters. The quantitative estimate of drug-likeness (QED) is 0.899. The molecule has 2 heterocycles. The van der Waals surface area contributed by atoms with Crippen LogP contribution in [0.1, 0.15) is 36.7 Å². The molecular weight excluding hydrogens is 244 g/mol. The summed E-state index contributed by atoms with van der Waals surface area (Å²) in [5, 5.41) is 2.68. The molecule has 0 aliphatic carbocycles. The highest BCUT2D eigenvalue weighted by Gasteiger charge is 2.20. The molecule has 0 spiro atoms. The number of nitrogens with zero attached hydrogens (tertiary/aromatic N) is 1. The van der Waals surface area contributed by atoms with Crippen LogP contribution in [0.4, 0.5) is 0 Å². The molecule has 0 bridgehead atoms. The minimum absolute atomic E-state index is 0.117. The molecule has 1 aromatic heterocycles. The van der Waals surface area contributed by atoms with Crippen molar-refractivity contribution >= 4 is 11.8 Å². The topological polar surface area (TPSA) is 62.6 Å². The molecule has 0 unspecified atom stereocenters. The van der Waals surface area contributed by atoms with Crippen molar-refractivity contribution in [1.29, 1.82) is 0 Å². The van der Waals surface area contributed by atoms with E-state index in [0.29, 0.717) is 18.9 Å². The highest BCUT2D eigenvalue weighted by molar-refractivity contribution is 5.91. The number of carbonyl (C=O) groups is 2. The van der Waals surface area contributed by atoms with Gasteiger partial charge in [-0.2, -0.15) is 0 Å². The molecule has 2 rings (SSSR count). The predicted octanol–water partition coefficient (Wildman–Crippen LogP) is 1.66. The highest BCUT2D eigenvalue weighted by atomic mass is 16.3. The average molecular weight is 264 g/mol. The van der Waals surface area contributed by atoms with Gasteiger partial charge in [0, 0.05) is 26.1 Å². The Labute approximate surface area is 113 Å². The zero-order chi connectivity index (χ0) is 13.7. The van der Waals surface area contributed by atoms with Crippen LogP contribution in [0.5, 0.6) is 0 Å². The molecule has 0 radical (unpaired) electrons. The number of furan rings is 1. The van der Waals surface area contributed by atoms with Gasteiger partial charge in [0.2, 0.25) is 5.91 Å². The standard InChI is InChI=1S/C14H20N2O3/c1-11-5-8-16(9-6-11)13(17)4-7-15-14(18)12-3-2-10-19-12/h2-3,10-11H,4-9H2,1H3,(H,15,18). The maximum atomic E-state index is 11.9. The van der Waals surface area contributed by atoms with E-state index in [2.05, 4.69) is 12.2 Å². The van der Waals surface area contributed by atoms with Crippen LogP contribution in [-0.4, -0.2) is 36.3 Å². The molecule has 1 N–H and O–H groups in total. The third-order valence-electron chi connectivity index (χ3n) is 3.51. The Morgan fingerprint density at radius 2 is 2.16 bits per heavy atom. The Hall–Kier alpha value is -1.78. The number of hydrogen-bond acceptors (Lipinski definition) is 3. The fraction of sp³-hybridized carbons (Fsp3) is 0.571. The average Bonchev–Trinajstić information content (AvgIpc) is 2.93. The van der Waals surface area contributed by atoms with E-state index in [1.165, 1.54) is 6.26 Å². The Bertz CT molecular complexity index is 420. The first-order valence-electron chi connectivity index (χ1n) is 6.76. The van der Waals surface area contributed by atoms with Gasteiger partial charge in [-0.15, -0.1) is 0 Å². The van der Waals surface area contributed by atoms with Crippen molar-refractivity contribution in [2.24, 2.45) is 5.92 Å². The number of nitrogens with one attached hydrogen (secondary N) is 1. The van der Waals surface area contributed by atoms with E-state index >= 15 is 0 Å². The summed E-state index contributed by atoms with van der Waals surface area (Å²) < 4.78 is 4.97. The minimum Gasteiger partial charge on any atom is -0.459 e. The van der Waals surface area contributed by atoms with Crippen molar-refractivity contribution in [2.45, 2.75) is 26.2 Å². The van der Waals surface area contributed by atoms with E-state index in [1.54, 1.807) is 12.1 Å². The molecule has 1 aliphatic rings. The smallest absolute Gasteiger partial charge is 0.286 e. The summed E-state index contributed by atoms with van der Waals surface area (Å²) in [7, 11) is 0. The van der Waals surface area contributed by atoms with Crippen molar-refractivity contribution in [3.63, 3.8) is 0 Å². The summed E-state index contributed by atoms with van der Waals surface area (Å²) in [6.07, 6.45) is 3.95. The highest BCUT2D eigenvalue weighted by Crippen LogP contribution is 2.16. The lowest BCUT2D eigenvalue weighted by Crippen LogP contribution is -2.39. The summed E-state index contributed by atoms with van der Waals surface area (Å²) in [4.78, 5) is 25.4. The van der Waals surface area contributed by atoms with Crippen LogP contribution in [0.2, 0.25) is 0 Å². The largest absolute Gasteiger partial charge is 0.459 e. The van der Waals surface area contributed by atoms with Gasteiger partial charge in [0.25, 0.3) is 5.91 Å². The summed E-state index contributed by atoms with van der Waals surface area (Å²) >= 11 is 0. The lowest BCUT2D eigenvalue weighted by atomic mass is 9.99. The lowest BCUT2D eigenvalue weighted by Gasteiger charge is -2.30. The molecule has 1 aromatic rings. The van der Waals surface area contributed by atoms with E-state index in [-0.39, 0.29) is 17.6 Å². The van der Waals surface area contributed by atoms with E-state index < -0.39 is 0 Å². The van der Waals surface area contributed by atoms with Crippen LogP contribution in [0, 0.1) is 5.92 Å². The van der Waals surface area contributed by atoms with Crippen LogP contribution in [0.15, 0.2) is 22.8 Å². The van der Waals surface area contributed by atoms with Gasteiger partial charge in [0.05, 0.1) is 6.26 Å². The number of amides is 2. The molecule has 1 aliphatic heterocycles. The molecular formula is C14H20N2O3. The van der Waals surface area contributed by atoms with Crippen LogP contribution < -0.4 is 5.32 Å². The van der Waals surface area contributed by atoms with E-state index in [0.717, 1.165) is 25.9 Å². The van der Waals surface area contributed by atoms with E-state index in [9.17, 15) is 9.59 Å². The molecule has 1 fully saturated rings. The fourth-order valence-corrected chi connectivity index (χ4v) is 2.19. The second kappa shape index (κ2) is 6.41. The predicted molar refractivity (Wildman–Crippen MR) is 70.6 cm³/mol. The monoisotopic (exact) mass is 264 g/mol. The Morgan fingerprint density at radius 3 is 2.79 bits per heavy atom. The summed E-state index contributed by atoms with van der Waals surface area (Å²) in [5.41, 5.74) is 0. The molecule has 0 aromatic carbocycles. The fourth-order valence-electron chi connectivity index (χ4n) is 2.19. The maximum absolute atomic E-state index is 11.9. The van der Waals surface area contributed by atoms with Gasteiger partial charge in [-0.05, 0) is 30.9 Å². The zero-order valence-electron chi connectivity index (χ0n) is 11.2. The van der Waals surface area contributed by atoms with Crippen molar-refractivity contribution < 1.29 is 14.0 Å². The maximum Gasteiger partial charge on any atom is 0.286 e. The number of hydrogen-bond donors (Lipinski definition) is 1. The zero-order valence-corrected chi connectivity index (χ0v) is 11.2. The molecule has 0 saturated carbocycles. The first-order chi connectivity index (χ1) is 9.16. The number of likely N-dealkylation sites (tertiary alicyclic amines) is 1. The number of carbonyl (C=O) groups excluding carboxylic acids is 2. The van der Waals surface area contributed by atoms with Crippen molar-refractivity contribution in [1.82, 2.24) is 10.2 Å². The van der Waals surface area contributed by atoms with Crippen molar-refractivity contribution in [3.8, 4) is 0 Å². The second-order valence-electron chi connectivity index (χ2n) is 5.05. The van der Waals surface area contributed by atoms with Gasteiger partial charge in [-0.3, -0.25) is 9.59 Å². The van der Waals surface area contributed by atoms with Gasteiger partial charge in [-0.1, -0.05) is 6.92 Å². The van der Waals surface area contributed by atoms with Crippen LogP contribution in [0.25, 0.3) is 0 Å². The van der Waals surface area contributed by atoms with Crippen molar-refractivity contribution in [2.75, 3.05) is 19.6 Å². The minimum atomic E-state index is -0.273. The first-order valence-corrected chi connectivity index (χ1v) is 6.76. The number of piperidine rings is 1. The molecule has 1 saturated heterocycles. The first kappa shape index (κ1) is 13.6. The third-order valence-corrected chi connectivity index (χ3v) is 3.51. The molecule has 5 nitrogen and oxygen atoms in total. The van der Waals surface area contributed by atoms with Crippen LogP contribution in [0.3, 0.4) is 0 Å². The van der Waals surface area contributed by atoms with Crippen molar-refractivity contribution in [3.05, 3.63) is 24.2 Å². The van der Waals surface area contributed by atoms with Gasteiger partial charge >= 0.3 is 0 Å². The third kappa shape index (κ3) is 3.84. The second-order valence-corrected chi connectivity index (χ2v) is 5.05. The Morgan fingerprint density at radius 1 is 1.42 bits per heavy atom. The van der Waals surface area contributed by atoms with Gasteiger partial charge in [0.1, 0.15) is 0 Å². The van der Waals surface area contributed by atoms with E-state index in [4.69, 9.17) is 4.42 Å². The Balaban J connectivity index is 1.68. The molecule has 104 valence electrons. The van der Waals surface area contributed by atoms with Gasteiger partial charge in [0.15, 0.2) is 5.76 Å². The van der Waals surface area contributed by atoms with E-state index in [1.807, 2.05) is 4.90 Å². The molecule has 5 heteroatoms. The SMILES string of the molecule is CC1CCN(C(=O)CCNC(=O)c2ccco2)CC1.